The minimum absolute atomic E-state index is 0.00584. The van der Waals surface area contributed by atoms with Gasteiger partial charge in [0, 0.05) is 17.6 Å². The molecular weight excluding hydrogens is 330 g/mol. The smallest absolute Gasteiger partial charge is 0.246 e. The van der Waals surface area contributed by atoms with Gasteiger partial charge in [-0.2, -0.15) is 4.31 Å². The minimum atomic E-state index is -3.55. The molecule has 0 amide bonds. The monoisotopic (exact) mass is 349 g/mol. The van der Waals surface area contributed by atoms with Crippen LogP contribution in [0.15, 0.2) is 27.6 Å². The van der Waals surface area contributed by atoms with Gasteiger partial charge >= 0.3 is 0 Å². The van der Waals surface area contributed by atoms with Crippen molar-refractivity contribution in [3.8, 4) is 5.75 Å². The molecular formula is C13H20BrNO3S. The normalized spacial score (nSPS) is 12.2. The van der Waals surface area contributed by atoms with E-state index in [0.29, 0.717) is 10.2 Å². The third-order valence-electron chi connectivity index (χ3n) is 3.24. The summed E-state index contributed by atoms with van der Waals surface area (Å²) in [7, 11) is -0.459. The topological polar surface area (TPSA) is 46.6 Å². The SMILES string of the molecule is CCC(CC)N(C)S(=O)(=O)c1cc(Br)ccc1OC. The first kappa shape index (κ1) is 16.5. The average molecular weight is 350 g/mol. The molecule has 0 aromatic heterocycles. The standard InChI is InChI=1S/C13H20BrNO3S/c1-5-11(6-2)15(3)19(16,17)13-9-10(14)7-8-12(13)18-4/h7-9,11H,5-6H2,1-4H3. The van der Waals surface area contributed by atoms with Crippen LogP contribution >= 0.6 is 15.9 Å². The molecule has 0 heterocycles. The Morgan fingerprint density at radius 1 is 1.32 bits per heavy atom. The van der Waals surface area contributed by atoms with E-state index in [2.05, 4.69) is 15.9 Å². The van der Waals surface area contributed by atoms with E-state index in [-0.39, 0.29) is 10.9 Å². The van der Waals surface area contributed by atoms with Gasteiger partial charge in [-0.25, -0.2) is 8.42 Å². The molecule has 0 aliphatic carbocycles. The lowest BCUT2D eigenvalue weighted by molar-refractivity contribution is 0.345. The Morgan fingerprint density at radius 2 is 1.89 bits per heavy atom. The Balaban J connectivity index is 3.30. The zero-order valence-electron chi connectivity index (χ0n) is 11.7. The summed E-state index contributed by atoms with van der Waals surface area (Å²) >= 11 is 3.30. The number of ether oxygens (including phenoxy) is 1. The molecule has 1 rings (SSSR count). The van der Waals surface area contributed by atoms with Gasteiger partial charge in [0.05, 0.1) is 7.11 Å². The molecule has 0 saturated carbocycles. The molecule has 19 heavy (non-hydrogen) atoms. The Hall–Kier alpha value is -0.590. The molecule has 4 nitrogen and oxygen atoms in total. The van der Waals surface area contributed by atoms with Crippen molar-refractivity contribution in [3.63, 3.8) is 0 Å². The summed E-state index contributed by atoms with van der Waals surface area (Å²) in [5.41, 5.74) is 0. The van der Waals surface area contributed by atoms with Gasteiger partial charge in [-0.3, -0.25) is 0 Å². The minimum Gasteiger partial charge on any atom is -0.495 e. The Labute approximate surface area is 123 Å². The lowest BCUT2D eigenvalue weighted by atomic mass is 10.2. The molecule has 0 aliphatic heterocycles. The lowest BCUT2D eigenvalue weighted by Crippen LogP contribution is -2.36. The van der Waals surface area contributed by atoms with Crippen LogP contribution in [0.2, 0.25) is 0 Å². The van der Waals surface area contributed by atoms with E-state index < -0.39 is 10.0 Å². The number of sulfonamides is 1. The Kier molecular flexibility index (Phi) is 5.82. The highest BCUT2D eigenvalue weighted by Gasteiger charge is 2.29. The Bertz CT molecular complexity index is 527. The van der Waals surface area contributed by atoms with Crippen LogP contribution in [-0.4, -0.2) is 32.9 Å². The number of halogens is 1. The molecule has 1 aromatic rings. The van der Waals surface area contributed by atoms with Crippen molar-refractivity contribution < 1.29 is 13.2 Å². The van der Waals surface area contributed by atoms with Crippen molar-refractivity contribution >= 4 is 26.0 Å². The second-order valence-electron chi connectivity index (χ2n) is 4.29. The van der Waals surface area contributed by atoms with E-state index >= 15 is 0 Å². The van der Waals surface area contributed by atoms with Gasteiger partial charge in [-0.05, 0) is 31.0 Å². The largest absolute Gasteiger partial charge is 0.495 e. The summed E-state index contributed by atoms with van der Waals surface area (Å²) in [6.07, 6.45) is 1.56. The van der Waals surface area contributed by atoms with Crippen LogP contribution in [0.3, 0.4) is 0 Å². The molecule has 108 valence electrons. The van der Waals surface area contributed by atoms with E-state index in [1.165, 1.54) is 11.4 Å². The molecule has 0 spiro atoms. The van der Waals surface area contributed by atoms with Gasteiger partial charge in [0.25, 0.3) is 0 Å². The van der Waals surface area contributed by atoms with Crippen molar-refractivity contribution in [3.05, 3.63) is 22.7 Å². The van der Waals surface area contributed by atoms with Gasteiger partial charge < -0.3 is 4.74 Å². The molecule has 0 bridgehead atoms. The fourth-order valence-corrected chi connectivity index (χ4v) is 4.20. The lowest BCUT2D eigenvalue weighted by Gasteiger charge is -2.26. The maximum absolute atomic E-state index is 12.6. The molecule has 0 radical (unpaired) electrons. The number of benzene rings is 1. The van der Waals surface area contributed by atoms with Gasteiger partial charge in [0.1, 0.15) is 10.6 Å². The first-order valence-electron chi connectivity index (χ1n) is 6.20. The Morgan fingerprint density at radius 3 is 2.37 bits per heavy atom. The van der Waals surface area contributed by atoms with Gasteiger partial charge in [-0.15, -0.1) is 0 Å². The van der Waals surface area contributed by atoms with Crippen LogP contribution < -0.4 is 4.74 Å². The molecule has 0 atom stereocenters. The summed E-state index contributed by atoms with van der Waals surface area (Å²) in [4.78, 5) is 0.193. The molecule has 0 N–H and O–H groups in total. The summed E-state index contributed by atoms with van der Waals surface area (Å²) in [5.74, 6) is 0.362. The van der Waals surface area contributed by atoms with Crippen LogP contribution in [0, 0.1) is 0 Å². The maximum Gasteiger partial charge on any atom is 0.246 e. The zero-order chi connectivity index (χ0) is 14.6. The number of methoxy groups -OCH3 is 1. The van der Waals surface area contributed by atoms with E-state index in [1.807, 2.05) is 13.8 Å². The first-order chi connectivity index (χ1) is 8.88. The predicted molar refractivity (Wildman–Crippen MR) is 80.0 cm³/mol. The van der Waals surface area contributed by atoms with Crippen molar-refractivity contribution in [2.45, 2.75) is 37.6 Å². The van der Waals surface area contributed by atoms with Crippen LogP contribution in [0.1, 0.15) is 26.7 Å². The number of nitrogens with zero attached hydrogens (tertiary/aromatic N) is 1. The summed E-state index contributed by atoms with van der Waals surface area (Å²) in [6, 6.07) is 4.98. The molecule has 0 fully saturated rings. The second-order valence-corrected chi connectivity index (χ2v) is 7.17. The van der Waals surface area contributed by atoms with Gasteiger partial charge in [0.15, 0.2) is 0 Å². The summed E-state index contributed by atoms with van der Waals surface area (Å²) in [6.45, 7) is 3.97. The van der Waals surface area contributed by atoms with Crippen LogP contribution in [0.4, 0.5) is 0 Å². The summed E-state index contributed by atoms with van der Waals surface area (Å²) in [5, 5.41) is 0. The zero-order valence-corrected chi connectivity index (χ0v) is 14.1. The molecule has 1 aromatic carbocycles. The summed E-state index contributed by atoms with van der Waals surface area (Å²) < 4.78 is 32.6. The van der Waals surface area contributed by atoms with Crippen molar-refractivity contribution in [2.75, 3.05) is 14.2 Å². The van der Waals surface area contributed by atoms with E-state index in [4.69, 9.17) is 4.74 Å². The number of hydrogen-bond acceptors (Lipinski definition) is 3. The third-order valence-corrected chi connectivity index (χ3v) is 5.66. The predicted octanol–water partition coefficient (Wildman–Crippen LogP) is 3.27. The van der Waals surface area contributed by atoms with Gasteiger partial charge in [-0.1, -0.05) is 29.8 Å². The quantitative estimate of drug-likeness (QED) is 0.791. The third kappa shape index (κ3) is 3.49. The highest BCUT2D eigenvalue weighted by molar-refractivity contribution is 9.10. The van der Waals surface area contributed by atoms with E-state index in [1.54, 1.807) is 25.2 Å². The number of hydrogen-bond donors (Lipinski definition) is 0. The first-order valence-corrected chi connectivity index (χ1v) is 8.43. The molecule has 0 saturated heterocycles. The molecule has 0 unspecified atom stereocenters. The molecule has 6 heteroatoms. The van der Waals surface area contributed by atoms with Crippen LogP contribution in [0.5, 0.6) is 5.75 Å². The highest BCUT2D eigenvalue weighted by Crippen LogP contribution is 2.30. The van der Waals surface area contributed by atoms with Crippen molar-refractivity contribution in [1.29, 1.82) is 0 Å². The second kappa shape index (κ2) is 6.72. The van der Waals surface area contributed by atoms with Crippen LogP contribution in [0.25, 0.3) is 0 Å². The molecule has 0 aliphatic rings. The van der Waals surface area contributed by atoms with Crippen molar-refractivity contribution in [2.24, 2.45) is 0 Å². The number of rotatable bonds is 6. The van der Waals surface area contributed by atoms with E-state index in [0.717, 1.165) is 12.8 Å². The maximum atomic E-state index is 12.6. The highest BCUT2D eigenvalue weighted by atomic mass is 79.9. The van der Waals surface area contributed by atoms with Gasteiger partial charge in [0.2, 0.25) is 10.0 Å². The van der Waals surface area contributed by atoms with Crippen molar-refractivity contribution in [1.82, 2.24) is 4.31 Å². The van der Waals surface area contributed by atoms with E-state index in [9.17, 15) is 8.42 Å². The fraction of sp³-hybridized carbons (Fsp3) is 0.538. The van der Waals surface area contributed by atoms with Crippen LogP contribution in [-0.2, 0) is 10.0 Å². The average Bonchev–Trinajstić information content (AvgIpc) is 2.39. The fourth-order valence-electron chi connectivity index (χ4n) is 2.01.